The maximum atomic E-state index is 11.9. The summed E-state index contributed by atoms with van der Waals surface area (Å²) in [7, 11) is 0. The fourth-order valence-electron chi connectivity index (χ4n) is 2.47. The summed E-state index contributed by atoms with van der Waals surface area (Å²) in [6, 6.07) is 11.6. The molecule has 1 unspecified atom stereocenters. The molecule has 25 heavy (non-hydrogen) atoms. The topological polar surface area (TPSA) is 80.0 Å². The average molecular weight is 338 g/mol. The van der Waals surface area contributed by atoms with Crippen LogP contribution in [0.2, 0.25) is 0 Å². The van der Waals surface area contributed by atoms with Crippen LogP contribution >= 0.6 is 0 Å². The van der Waals surface area contributed by atoms with E-state index in [1.807, 2.05) is 44.2 Å². The first-order valence-corrected chi connectivity index (χ1v) is 8.51. The van der Waals surface area contributed by atoms with Gasteiger partial charge < -0.3 is 15.1 Å². The zero-order valence-electron chi connectivity index (χ0n) is 14.5. The van der Waals surface area contributed by atoms with E-state index in [4.69, 9.17) is 4.42 Å². The van der Waals surface area contributed by atoms with Crippen LogP contribution in [0.1, 0.15) is 26.7 Å². The van der Waals surface area contributed by atoms with E-state index in [0.717, 1.165) is 17.3 Å². The maximum absolute atomic E-state index is 11.9. The van der Waals surface area contributed by atoms with Crippen molar-refractivity contribution in [2.24, 2.45) is 0 Å². The number of nitrogens with one attached hydrogen (secondary N) is 2. The molecule has 0 radical (unpaired) electrons. The van der Waals surface area contributed by atoms with Crippen molar-refractivity contribution in [2.75, 3.05) is 11.9 Å². The molecule has 0 aliphatic rings. The highest BCUT2D eigenvalue weighted by atomic mass is 16.3. The zero-order valence-corrected chi connectivity index (χ0v) is 14.5. The molecule has 2 N–H and O–H groups in total. The van der Waals surface area contributed by atoms with Crippen molar-refractivity contribution < 1.29 is 9.21 Å². The molecule has 3 aromatic rings. The van der Waals surface area contributed by atoms with Gasteiger partial charge in [0, 0.05) is 24.4 Å². The normalized spacial score (nSPS) is 12.1. The number of nitrogens with zero attached hydrogens (tertiary/aromatic N) is 2. The van der Waals surface area contributed by atoms with Crippen LogP contribution in [-0.4, -0.2) is 28.5 Å². The van der Waals surface area contributed by atoms with E-state index in [9.17, 15) is 4.79 Å². The molecule has 0 aliphatic carbocycles. The third-order valence-corrected chi connectivity index (χ3v) is 4.01. The number of anilines is 1. The molecule has 1 amide bonds. The molecule has 0 fully saturated rings. The second-order valence-electron chi connectivity index (χ2n) is 5.94. The van der Waals surface area contributed by atoms with Crippen LogP contribution in [0, 0.1) is 0 Å². The predicted molar refractivity (Wildman–Crippen MR) is 98.2 cm³/mol. The molecule has 2 aromatic heterocycles. The van der Waals surface area contributed by atoms with Crippen LogP contribution in [0.25, 0.3) is 22.5 Å². The Hall–Kier alpha value is -2.89. The van der Waals surface area contributed by atoms with Gasteiger partial charge in [0.15, 0.2) is 11.6 Å². The van der Waals surface area contributed by atoms with E-state index in [1.165, 1.54) is 0 Å². The maximum Gasteiger partial charge on any atom is 0.221 e. The Morgan fingerprint density at radius 1 is 1.20 bits per heavy atom. The van der Waals surface area contributed by atoms with Crippen LogP contribution in [0.15, 0.2) is 47.1 Å². The summed E-state index contributed by atoms with van der Waals surface area (Å²) in [6.07, 6.45) is 2.90. The Morgan fingerprint density at radius 2 is 2.04 bits per heavy atom. The third kappa shape index (κ3) is 4.15. The van der Waals surface area contributed by atoms with Crippen LogP contribution in [0.5, 0.6) is 0 Å². The largest absolute Gasteiger partial charge is 0.461 e. The minimum atomic E-state index is 0.0338. The van der Waals surface area contributed by atoms with E-state index in [0.29, 0.717) is 30.4 Å². The number of carbonyl (C=O) groups is 1. The number of hydrogen-bond donors (Lipinski definition) is 2. The third-order valence-electron chi connectivity index (χ3n) is 4.01. The highest BCUT2D eigenvalue weighted by Crippen LogP contribution is 2.24. The number of amides is 1. The Kier molecular flexibility index (Phi) is 5.28. The number of fused-ring (bicyclic) bond motifs is 1. The molecule has 130 valence electrons. The Bertz CT molecular complexity index is 846. The van der Waals surface area contributed by atoms with Crippen LogP contribution in [0.4, 0.5) is 5.82 Å². The number of para-hydroxylation sites is 1. The lowest BCUT2D eigenvalue weighted by molar-refractivity contribution is -0.121. The quantitative estimate of drug-likeness (QED) is 0.688. The van der Waals surface area contributed by atoms with Gasteiger partial charge in [-0.05, 0) is 37.6 Å². The lowest BCUT2D eigenvalue weighted by atomic mass is 10.2. The van der Waals surface area contributed by atoms with Gasteiger partial charge in [0.05, 0.1) is 11.8 Å². The number of benzene rings is 1. The molecule has 0 spiro atoms. The summed E-state index contributed by atoms with van der Waals surface area (Å²) in [5.74, 6) is 1.87. The lowest BCUT2D eigenvalue weighted by Gasteiger charge is -2.13. The van der Waals surface area contributed by atoms with E-state index < -0.39 is 0 Å². The molecule has 2 heterocycles. The molecule has 1 atom stereocenters. The standard InChI is InChI=1S/C19H22N4O2/c1-3-13(2)21-17(24)10-11-20-18-14-7-4-5-8-15(14)22-19(23-18)16-9-6-12-25-16/h4-9,12-13H,3,10-11H2,1-2H3,(H,21,24)(H,20,22,23). The predicted octanol–water partition coefficient (Wildman–Crippen LogP) is 3.61. The first-order chi connectivity index (χ1) is 12.2. The van der Waals surface area contributed by atoms with Crippen molar-refractivity contribution in [1.82, 2.24) is 15.3 Å². The summed E-state index contributed by atoms with van der Waals surface area (Å²) in [4.78, 5) is 21.0. The van der Waals surface area contributed by atoms with Gasteiger partial charge in [-0.3, -0.25) is 4.79 Å². The van der Waals surface area contributed by atoms with Crippen molar-refractivity contribution in [3.63, 3.8) is 0 Å². The lowest BCUT2D eigenvalue weighted by Crippen LogP contribution is -2.33. The molecular formula is C19H22N4O2. The van der Waals surface area contributed by atoms with Gasteiger partial charge in [-0.15, -0.1) is 0 Å². The molecule has 0 aliphatic heterocycles. The van der Waals surface area contributed by atoms with Crippen molar-refractivity contribution >= 4 is 22.6 Å². The van der Waals surface area contributed by atoms with Crippen molar-refractivity contribution in [1.29, 1.82) is 0 Å². The van der Waals surface area contributed by atoms with Crippen LogP contribution < -0.4 is 10.6 Å². The molecule has 1 aromatic carbocycles. The summed E-state index contributed by atoms with van der Waals surface area (Å²) >= 11 is 0. The molecule has 0 saturated carbocycles. The van der Waals surface area contributed by atoms with Crippen LogP contribution in [-0.2, 0) is 4.79 Å². The molecule has 0 bridgehead atoms. The van der Waals surface area contributed by atoms with E-state index in [1.54, 1.807) is 12.3 Å². The number of furan rings is 1. The molecule has 0 saturated heterocycles. The second-order valence-corrected chi connectivity index (χ2v) is 5.94. The molecule has 3 rings (SSSR count). The van der Waals surface area contributed by atoms with Gasteiger partial charge in [-0.25, -0.2) is 9.97 Å². The fourth-order valence-corrected chi connectivity index (χ4v) is 2.47. The zero-order chi connectivity index (χ0) is 17.6. The summed E-state index contributed by atoms with van der Waals surface area (Å²) in [5, 5.41) is 7.14. The van der Waals surface area contributed by atoms with Crippen molar-refractivity contribution in [3.05, 3.63) is 42.7 Å². The van der Waals surface area contributed by atoms with E-state index in [2.05, 4.69) is 20.6 Å². The summed E-state index contributed by atoms with van der Waals surface area (Å²) in [6.45, 7) is 4.55. The monoisotopic (exact) mass is 338 g/mol. The smallest absolute Gasteiger partial charge is 0.221 e. The number of rotatable bonds is 7. The first kappa shape index (κ1) is 17.0. The average Bonchev–Trinajstić information content (AvgIpc) is 3.16. The molecular weight excluding hydrogens is 316 g/mol. The van der Waals surface area contributed by atoms with Crippen LogP contribution in [0.3, 0.4) is 0 Å². The minimum Gasteiger partial charge on any atom is -0.461 e. The van der Waals surface area contributed by atoms with Gasteiger partial charge in [-0.1, -0.05) is 19.1 Å². The SMILES string of the molecule is CCC(C)NC(=O)CCNc1nc(-c2ccco2)nc2ccccc12. The van der Waals surface area contributed by atoms with E-state index in [-0.39, 0.29) is 11.9 Å². The minimum absolute atomic E-state index is 0.0338. The van der Waals surface area contributed by atoms with E-state index >= 15 is 0 Å². The van der Waals surface area contributed by atoms with Crippen molar-refractivity contribution in [3.8, 4) is 11.6 Å². The Balaban J connectivity index is 1.77. The van der Waals surface area contributed by atoms with Gasteiger partial charge in [-0.2, -0.15) is 0 Å². The second kappa shape index (κ2) is 7.79. The van der Waals surface area contributed by atoms with Gasteiger partial charge in [0.2, 0.25) is 5.91 Å². The highest BCUT2D eigenvalue weighted by Gasteiger charge is 2.11. The Labute approximate surface area is 146 Å². The van der Waals surface area contributed by atoms with Gasteiger partial charge >= 0.3 is 0 Å². The number of aromatic nitrogens is 2. The highest BCUT2D eigenvalue weighted by molar-refractivity contribution is 5.90. The number of carbonyl (C=O) groups excluding carboxylic acids is 1. The first-order valence-electron chi connectivity index (χ1n) is 8.51. The summed E-state index contributed by atoms with van der Waals surface area (Å²) < 4.78 is 5.41. The Morgan fingerprint density at radius 3 is 2.80 bits per heavy atom. The molecule has 6 heteroatoms. The number of hydrogen-bond acceptors (Lipinski definition) is 5. The van der Waals surface area contributed by atoms with Gasteiger partial charge in [0.25, 0.3) is 0 Å². The fraction of sp³-hybridized carbons (Fsp3) is 0.316. The van der Waals surface area contributed by atoms with Gasteiger partial charge in [0.1, 0.15) is 5.82 Å². The molecule has 6 nitrogen and oxygen atoms in total. The summed E-state index contributed by atoms with van der Waals surface area (Å²) in [5.41, 5.74) is 0.829. The van der Waals surface area contributed by atoms with Crippen molar-refractivity contribution in [2.45, 2.75) is 32.7 Å².